The minimum atomic E-state index is 0. The van der Waals surface area contributed by atoms with Gasteiger partial charge in [0.25, 0.3) is 0 Å². The molecule has 0 atom stereocenters. The summed E-state index contributed by atoms with van der Waals surface area (Å²) in [5, 5.41) is 0. The normalized spacial score (nSPS) is 1.00. The van der Waals surface area contributed by atoms with Gasteiger partial charge in [-0.3, -0.25) is 0 Å². The summed E-state index contributed by atoms with van der Waals surface area (Å²) in [6.07, 6.45) is 0. The van der Waals surface area contributed by atoms with Crippen molar-refractivity contribution in [2.24, 2.45) is 0 Å². The van der Waals surface area contributed by atoms with Gasteiger partial charge in [0.2, 0.25) is 0 Å². The van der Waals surface area contributed by atoms with Crippen LogP contribution in [0.15, 0.2) is 0 Å². The average Bonchev–Trinajstić information content (AvgIpc) is 1.00. The molecule has 0 aliphatic carbocycles. The summed E-state index contributed by atoms with van der Waals surface area (Å²) in [7, 11) is 0. The summed E-state index contributed by atoms with van der Waals surface area (Å²) in [6.45, 7) is 0. The maximum absolute atomic E-state index is 8.34. The Morgan fingerprint density at radius 3 is 1.00 bits per heavy atom. The van der Waals surface area contributed by atoms with Crippen LogP contribution in [-0.4, -0.2) is 33.5 Å². The van der Waals surface area contributed by atoms with Crippen molar-refractivity contribution >= 4 is 22.5 Å². The molecule has 4 heavy (non-hydrogen) atoms. The van der Waals surface area contributed by atoms with Crippen LogP contribution in [0.3, 0.4) is 0 Å². The second kappa shape index (κ2) is 83.0. The van der Waals surface area contributed by atoms with Crippen LogP contribution in [0.2, 0.25) is 0 Å². The third kappa shape index (κ3) is 21.6. The molecule has 4 N–H and O–H groups in total. The first-order chi connectivity index (χ1) is 1.00. The van der Waals surface area contributed by atoms with Crippen LogP contribution in [-0.2, 0) is 3.08 Å². The Labute approximate surface area is 37.1 Å². The molecule has 0 spiro atoms. The fraction of sp³-hybridized carbons (Fsp3) is 0. The van der Waals surface area contributed by atoms with Gasteiger partial charge in [-0.1, -0.05) is 0 Å². The number of hydrogen-bond donors (Lipinski definition) is 0. The van der Waals surface area contributed by atoms with Crippen LogP contribution in [0.4, 0.5) is 0 Å². The summed E-state index contributed by atoms with van der Waals surface area (Å²) in [5.41, 5.74) is 0. The predicted molar refractivity (Wildman–Crippen MR) is 13.7 cm³/mol. The fourth-order valence-electron chi connectivity index (χ4n) is 0. The molecule has 2 radical (unpaired) electrons. The van der Waals surface area contributed by atoms with Crippen molar-refractivity contribution in [3.05, 3.63) is 0 Å². The van der Waals surface area contributed by atoms with Crippen molar-refractivity contribution in [2.75, 3.05) is 0 Å². The molecule has 0 aliphatic heterocycles. The molecular formula is H4O3Sn. The second-order valence-corrected chi connectivity index (χ2v) is 0. The predicted octanol–water partition coefficient (Wildman–Crippen LogP) is -2.15. The van der Waals surface area contributed by atoms with Crippen molar-refractivity contribution in [1.29, 1.82) is 0 Å². The Balaban J connectivity index is -0.00000000500. The molecule has 0 saturated carbocycles. The molecule has 0 aliphatic rings. The van der Waals surface area contributed by atoms with Gasteiger partial charge in [-0.25, -0.2) is 0 Å². The van der Waals surface area contributed by atoms with Gasteiger partial charge in [0.05, 0.1) is 0 Å². The molecule has 3 nitrogen and oxygen atoms in total. The molecule has 0 bridgehead atoms. The van der Waals surface area contributed by atoms with E-state index in [2.05, 4.69) is 0 Å². The molecule has 0 fully saturated rings. The first kappa shape index (κ1) is 24.3. The van der Waals surface area contributed by atoms with E-state index in [4.69, 9.17) is 3.08 Å². The van der Waals surface area contributed by atoms with Gasteiger partial charge in [-0.2, -0.15) is 0 Å². The van der Waals surface area contributed by atoms with Crippen molar-refractivity contribution in [2.45, 2.75) is 0 Å². The summed E-state index contributed by atoms with van der Waals surface area (Å²) < 4.78 is 8.34. The average molecular weight is 171 g/mol. The van der Waals surface area contributed by atoms with Gasteiger partial charge in [0, 0.05) is 0 Å². The Morgan fingerprint density at radius 1 is 1.00 bits per heavy atom. The fourth-order valence-corrected chi connectivity index (χ4v) is 0. The zero-order chi connectivity index (χ0) is 2.00. The van der Waals surface area contributed by atoms with Crippen LogP contribution < -0.4 is 0 Å². The summed E-state index contributed by atoms with van der Waals surface area (Å²) in [4.78, 5) is 0. The standard InChI is InChI=1S/2H2O.O.Sn/h2*1H2;;. The molecule has 0 unspecified atom stereocenters. The molecule has 4 heteroatoms. The van der Waals surface area contributed by atoms with Gasteiger partial charge < -0.3 is 11.0 Å². The van der Waals surface area contributed by atoms with E-state index in [1.807, 2.05) is 0 Å². The van der Waals surface area contributed by atoms with Crippen LogP contribution in [0.1, 0.15) is 0 Å². The van der Waals surface area contributed by atoms with E-state index in [1.165, 1.54) is 0 Å². The van der Waals surface area contributed by atoms with Crippen molar-refractivity contribution < 1.29 is 14.0 Å². The maximum atomic E-state index is 8.34. The van der Waals surface area contributed by atoms with Gasteiger partial charge in [0.15, 0.2) is 0 Å². The van der Waals surface area contributed by atoms with E-state index < -0.39 is 0 Å². The zero-order valence-electron chi connectivity index (χ0n) is 1.91. The Morgan fingerprint density at radius 2 is 1.00 bits per heavy atom. The third-order valence-corrected chi connectivity index (χ3v) is 0. The van der Waals surface area contributed by atoms with E-state index in [1.54, 1.807) is 0 Å². The van der Waals surface area contributed by atoms with Gasteiger partial charge >= 0.3 is 25.6 Å². The molecule has 26 valence electrons. The Hall–Kier alpha value is 0.519. The van der Waals surface area contributed by atoms with Gasteiger partial charge in [-0.15, -0.1) is 0 Å². The molecule has 0 amide bonds. The second-order valence-electron chi connectivity index (χ2n) is 0. The van der Waals surface area contributed by atoms with Crippen LogP contribution in [0, 0.1) is 0 Å². The van der Waals surface area contributed by atoms with E-state index in [9.17, 15) is 0 Å². The molecule has 0 saturated heterocycles. The quantitative estimate of drug-likeness (QED) is 0.382. The van der Waals surface area contributed by atoms with Crippen LogP contribution in [0.5, 0.6) is 0 Å². The van der Waals surface area contributed by atoms with Crippen molar-refractivity contribution in [1.82, 2.24) is 0 Å². The summed E-state index contributed by atoms with van der Waals surface area (Å²) >= 11 is 0.300. The molecule has 0 rings (SSSR count). The molecular weight excluding hydrogens is 167 g/mol. The first-order valence-electron chi connectivity index (χ1n) is 0.204. The van der Waals surface area contributed by atoms with Crippen LogP contribution >= 0.6 is 0 Å². The first-order valence-corrected chi connectivity index (χ1v) is 1.37. The summed E-state index contributed by atoms with van der Waals surface area (Å²) in [5.74, 6) is 0. The third-order valence-electron chi connectivity index (χ3n) is 0. The minimum absolute atomic E-state index is 0. The number of rotatable bonds is 0. The van der Waals surface area contributed by atoms with E-state index >= 15 is 0 Å². The van der Waals surface area contributed by atoms with Gasteiger partial charge in [-0.05, 0) is 0 Å². The molecule has 0 aromatic heterocycles. The molecule has 0 aromatic rings. The Bertz CT molecular complexity index is 3.25. The monoisotopic (exact) mass is 172 g/mol. The Kier molecular flexibility index (Phi) is 503. The topological polar surface area (TPSA) is 80.1 Å². The SMILES string of the molecule is O.O.[O]=[Sn]. The zero-order valence-corrected chi connectivity index (χ0v) is 4.76. The van der Waals surface area contributed by atoms with E-state index in [-0.39, 0.29) is 11.0 Å². The molecule has 0 aromatic carbocycles. The van der Waals surface area contributed by atoms with Crippen LogP contribution in [0.25, 0.3) is 0 Å². The summed E-state index contributed by atoms with van der Waals surface area (Å²) in [6, 6.07) is 0. The molecule has 0 heterocycles. The van der Waals surface area contributed by atoms with Crippen molar-refractivity contribution in [3.63, 3.8) is 0 Å². The van der Waals surface area contributed by atoms with E-state index in [0.717, 1.165) is 0 Å². The van der Waals surface area contributed by atoms with Gasteiger partial charge in [0.1, 0.15) is 0 Å². The number of hydrogen-bond acceptors (Lipinski definition) is 1. The van der Waals surface area contributed by atoms with E-state index in [0.29, 0.717) is 22.5 Å². The van der Waals surface area contributed by atoms with Crippen molar-refractivity contribution in [3.8, 4) is 0 Å².